The van der Waals surface area contributed by atoms with Crippen LogP contribution in [0.4, 0.5) is 4.79 Å². The quantitative estimate of drug-likeness (QED) is 0.637. The molecule has 1 heterocycles. The molecule has 1 fully saturated rings. The molecule has 1 aliphatic carbocycles. The Hall–Kier alpha value is -1.25. The number of ether oxygens (including phenoxy) is 1. The molecule has 0 radical (unpaired) electrons. The summed E-state index contributed by atoms with van der Waals surface area (Å²) in [7, 11) is 0. The zero-order chi connectivity index (χ0) is 8.39. The number of carbonyl (C=O) groups excluding carboxylic acids is 1. The van der Waals surface area contributed by atoms with E-state index < -0.39 is 0 Å². The molecule has 64 valence electrons. The number of alkyl carbamates (subject to hydrolysis) is 1. The van der Waals surface area contributed by atoms with Gasteiger partial charge >= 0.3 is 6.09 Å². The summed E-state index contributed by atoms with van der Waals surface area (Å²) in [5.74, 6) is 0. The van der Waals surface area contributed by atoms with Crippen molar-refractivity contribution in [3.8, 4) is 0 Å². The summed E-state index contributed by atoms with van der Waals surface area (Å²) < 4.78 is 4.80. The minimum atomic E-state index is -0.296. The van der Waals surface area contributed by atoms with E-state index >= 15 is 0 Å². The van der Waals surface area contributed by atoms with Gasteiger partial charge in [0, 0.05) is 0 Å². The summed E-state index contributed by atoms with van der Waals surface area (Å²) in [5.41, 5.74) is 1.27. The molecule has 0 spiro atoms. The first-order valence-corrected chi connectivity index (χ1v) is 4.15. The van der Waals surface area contributed by atoms with Gasteiger partial charge in [-0.05, 0) is 18.4 Å². The normalized spacial score (nSPS) is 27.8. The minimum absolute atomic E-state index is 0.113. The Labute approximate surface area is 71.1 Å². The molecule has 1 atom stereocenters. The lowest BCUT2D eigenvalue weighted by Crippen LogP contribution is -2.28. The molecule has 1 saturated heterocycles. The molecule has 0 aromatic carbocycles. The third kappa shape index (κ3) is 1.35. The van der Waals surface area contributed by atoms with E-state index in [-0.39, 0.29) is 12.1 Å². The first-order valence-electron chi connectivity index (χ1n) is 4.15. The van der Waals surface area contributed by atoms with E-state index in [9.17, 15) is 4.79 Å². The number of nitrogens with one attached hydrogen (secondary N) is 1. The second-order valence-electron chi connectivity index (χ2n) is 3.00. The molecule has 0 saturated carbocycles. The fourth-order valence-electron chi connectivity index (χ4n) is 1.50. The number of hydrogen-bond acceptors (Lipinski definition) is 2. The molecule has 3 nitrogen and oxygen atoms in total. The summed E-state index contributed by atoms with van der Waals surface area (Å²) in [6.45, 7) is 0.485. The van der Waals surface area contributed by atoms with Gasteiger partial charge in [0.25, 0.3) is 0 Å². The van der Waals surface area contributed by atoms with Crippen LogP contribution >= 0.6 is 0 Å². The number of carbonyl (C=O) groups is 1. The van der Waals surface area contributed by atoms with Crippen molar-refractivity contribution >= 4 is 6.09 Å². The van der Waals surface area contributed by atoms with Gasteiger partial charge in [0.2, 0.25) is 0 Å². The summed E-state index contributed by atoms with van der Waals surface area (Å²) in [4.78, 5) is 10.7. The summed E-state index contributed by atoms with van der Waals surface area (Å²) in [5, 5.41) is 2.76. The van der Waals surface area contributed by atoms with Crippen LogP contribution in [0.5, 0.6) is 0 Å². The summed E-state index contributed by atoms with van der Waals surface area (Å²) in [6.07, 6.45) is 8.02. The molecule has 0 bridgehead atoms. The molecule has 0 aromatic rings. The lowest BCUT2D eigenvalue weighted by molar-refractivity contribution is 0.177. The summed E-state index contributed by atoms with van der Waals surface area (Å²) in [6, 6.07) is 0.113. The third-order valence-corrected chi connectivity index (χ3v) is 2.17. The van der Waals surface area contributed by atoms with Crippen LogP contribution in [0.25, 0.3) is 0 Å². The maximum atomic E-state index is 10.7. The molecule has 1 N–H and O–H groups in total. The SMILES string of the molecule is O=C1N[C@@H](C2=CC=CCC2)CO1. The van der Waals surface area contributed by atoms with Crippen molar-refractivity contribution in [1.82, 2.24) is 5.32 Å². The maximum Gasteiger partial charge on any atom is 0.407 e. The van der Waals surface area contributed by atoms with Gasteiger partial charge in [0.1, 0.15) is 6.61 Å². The molecule has 12 heavy (non-hydrogen) atoms. The van der Waals surface area contributed by atoms with Crippen LogP contribution in [0.15, 0.2) is 23.8 Å². The smallest absolute Gasteiger partial charge is 0.407 e. The van der Waals surface area contributed by atoms with Crippen molar-refractivity contribution in [2.75, 3.05) is 6.61 Å². The van der Waals surface area contributed by atoms with Crippen molar-refractivity contribution in [2.45, 2.75) is 18.9 Å². The lowest BCUT2D eigenvalue weighted by atomic mass is 9.99. The van der Waals surface area contributed by atoms with E-state index in [0.717, 1.165) is 12.8 Å². The average molecular weight is 165 g/mol. The Morgan fingerprint density at radius 1 is 1.58 bits per heavy atom. The van der Waals surface area contributed by atoms with Crippen LogP contribution in [0.1, 0.15) is 12.8 Å². The highest BCUT2D eigenvalue weighted by atomic mass is 16.6. The second kappa shape index (κ2) is 3.01. The number of hydrogen-bond donors (Lipinski definition) is 1. The number of allylic oxidation sites excluding steroid dienone is 3. The fraction of sp³-hybridized carbons (Fsp3) is 0.444. The highest BCUT2D eigenvalue weighted by Gasteiger charge is 2.25. The molecule has 0 unspecified atom stereocenters. The molecule has 0 aromatic heterocycles. The Morgan fingerprint density at radius 2 is 2.50 bits per heavy atom. The number of rotatable bonds is 1. The van der Waals surface area contributed by atoms with E-state index in [1.807, 2.05) is 6.08 Å². The Bertz CT molecular complexity index is 255. The van der Waals surface area contributed by atoms with Gasteiger partial charge in [-0.2, -0.15) is 0 Å². The molecule has 1 amide bonds. The predicted molar refractivity (Wildman–Crippen MR) is 44.7 cm³/mol. The highest BCUT2D eigenvalue weighted by molar-refractivity contribution is 5.70. The van der Waals surface area contributed by atoms with Gasteiger partial charge in [0.15, 0.2) is 0 Å². The van der Waals surface area contributed by atoms with Gasteiger partial charge in [-0.1, -0.05) is 18.2 Å². The number of amides is 1. The largest absolute Gasteiger partial charge is 0.447 e. The van der Waals surface area contributed by atoms with Gasteiger partial charge in [-0.3, -0.25) is 0 Å². The monoisotopic (exact) mass is 165 g/mol. The third-order valence-electron chi connectivity index (χ3n) is 2.17. The standard InChI is InChI=1S/C9H11NO2/c11-9-10-8(6-12-9)7-4-2-1-3-5-7/h1-2,4,8H,3,5-6H2,(H,10,11)/t8-/m1/s1. The van der Waals surface area contributed by atoms with Crippen molar-refractivity contribution in [3.63, 3.8) is 0 Å². The average Bonchev–Trinajstić information content (AvgIpc) is 2.54. The molecule has 1 aliphatic heterocycles. The zero-order valence-electron chi connectivity index (χ0n) is 6.75. The molecule has 3 heteroatoms. The van der Waals surface area contributed by atoms with Crippen LogP contribution in [-0.2, 0) is 4.74 Å². The van der Waals surface area contributed by atoms with Crippen LogP contribution in [0.3, 0.4) is 0 Å². The topological polar surface area (TPSA) is 38.3 Å². The van der Waals surface area contributed by atoms with Crippen molar-refractivity contribution in [3.05, 3.63) is 23.8 Å². The van der Waals surface area contributed by atoms with E-state index in [1.165, 1.54) is 5.57 Å². The predicted octanol–water partition coefficient (Wildman–Crippen LogP) is 1.37. The zero-order valence-corrected chi connectivity index (χ0v) is 6.75. The molecular weight excluding hydrogens is 154 g/mol. The molecular formula is C9H11NO2. The molecule has 2 aliphatic rings. The van der Waals surface area contributed by atoms with E-state index in [0.29, 0.717) is 6.61 Å². The minimum Gasteiger partial charge on any atom is -0.447 e. The van der Waals surface area contributed by atoms with Crippen LogP contribution in [0, 0.1) is 0 Å². The second-order valence-corrected chi connectivity index (χ2v) is 3.00. The number of cyclic esters (lactones) is 1. The lowest BCUT2D eigenvalue weighted by Gasteiger charge is -2.13. The highest BCUT2D eigenvalue weighted by Crippen LogP contribution is 2.18. The first-order chi connectivity index (χ1) is 5.86. The maximum absolute atomic E-state index is 10.7. The van der Waals surface area contributed by atoms with Crippen molar-refractivity contribution in [2.24, 2.45) is 0 Å². The van der Waals surface area contributed by atoms with Gasteiger partial charge in [0.05, 0.1) is 6.04 Å². The van der Waals surface area contributed by atoms with Gasteiger partial charge < -0.3 is 10.1 Å². The van der Waals surface area contributed by atoms with E-state index in [2.05, 4.69) is 17.5 Å². The van der Waals surface area contributed by atoms with Crippen LogP contribution < -0.4 is 5.32 Å². The van der Waals surface area contributed by atoms with Gasteiger partial charge in [-0.15, -0.1) is 0 Å². The summed E-state index contributed by atoms with van der Waals surface area (Å²) >= 11 is 0. The van der Waals surface area contributed by atoms with Gasteiger partial charge in [-0.25, -0.2) is 4.79 Å². The van der Waals surface area contributed by atoms with Crippen LogP contribution in [0.2, 0.25) is 0 Å². The van der Waals surface area contributed by atoms with Crippen molar-refractivity contribution < 1.29 is 9.53 Å². The first kappa shape index (κ1) is 7.40. The Kier molecular flexibility index (Phi) is 1.86. The molecule has 2 rings (SSSR count). The Morgan fingerprint density at radius 3 is 3.08 bits per heavy atom. The van der Waals surface area contributed by atoms with E-state index in [4.69, 9.17) is 4.74 Å². The van der Waals surface area contributed by atoms with Crippen molar-refractivity contribution in [1.29, 1.82) is 0 Å². The van der Waals surface area contributed by atoms with Crippen LogP contribution in [-0.4, -0.2) is 18.7 Å². The Balaban J connectivity index is 2.04. The fourth-order valence-corrected chi connectivity index (χ4v) is 1.50. The van der Waals surface area contributed by atoms with E-state index in [1.54, 1.807) is 0 Å².